The van der Waals surface area contributed by atoms with Gasteiger partial charge in [-0.05, 0) is 69.6 Å². The fraction of sp³-hybridized carbons (Fsp3) is 0.727. The lowest BCUT2D eigenvalue weighted by Gasteiger charge is -2.31. The summed E-state index contributed by atoms with van der Waals surface area (Å²) in [6.45, 7) is 2.60. The summed E-state index contributed by atoms with van der Waals surface area (Å²) in [5.74, 6) is 2.66. The molecule has 6 aliphatic rings. The van der Waals surface area contributed by atoms with Crippen LogP contribution < -0.4 is 5.32 Å². The van der Waals surface area contributed by atoms with E-state index >= 15 is 0 Å². The Morgan fingerprint density at radius 1 is 1.15 bits per heavy atom. The van der Waals surface area contributed by atoms with E-state index in [1.54, 1.807) is 11.3 Å². The first kappa shape index (κ1) is 16.7. The van der Waals surface area contributed by atoms with Gasteiger partial charge in [0.1, 0.15) is 5.00 Å². The molecule has 1 N–H and O–H groups in total. The Kier molecular flexibility index (Phi) is 3.51. The molecule has 0 radical (unpaired) electrons. The highest BCUT2D eigenvalue weighted by Crippen LogP contribution is 2.65. The topological polar surface area (TPSA) is 55.4 Å². The molecule has 5 saturated carbocycles. The van der Waals surface area contributed by atoms with Crippen LogP contribution in [-0.4, -0.2) is 11.7 Å². The van der Waals surface area contributed by atoms with Crippen LogP contribution in [-0.2, 0) is 16.1 Å². The van der Waals surface area contributed by atoms with Gasteiger partial charge in [-0.2, -0.15) is 0 Å². The van der Waals surface area contributed by atoms with Crippen molar-refractivity contribution in [1.82, 2.24) is 0 Å². The van der Waals surface area contributed by atoms with Crippen LogP contribution >= 0.6 is 11.3 Å². The zero-order valence-electron chi connectivity index (χ0n) is 15.9. The molecule has 1 aromatic heterocycles. The molecule has 7 rings (SSSR count). The standard InChI is InChI=1S/C22H27NO3S/c1-11-17-16(10-26-11)27-20(18(17)19(24)14-3-2-4-14)23-21(25)22-8-12-5-13(9-22)7-15(22)6-12/h11-15H,2-10H2,1H3,(H,23,25). The van der Waals surface area contributed by atoms with Gasteiger partial charge in [0.05, 0.1) is 23.7 Å². The number of hydrogen-bond acceptors (Lipinski definition) is 4. The van der Waals surface area contributed by atoms with Crippen molar-refractivity contribution in [1.29, 1.82) is 0 Å². The number of amides is 1. The average Bonchev–Trinajstić information content (AvgIpc) is 3.24. The number of anilines is 1. The number of carbonyl (C=O) groups is 2. The summed E-state index contributed by atoms with van der Waals surface area (Å²) >= 11 is 1.58. The van der Waals surface area contributed by atoms with Crippen molar-refractivity contribution in [3.8, 4) is 0 Å². The molecule has 0 aromatic carbocycles. The van der Waals surface area contributed by atoms with Gasteiger partial charge in [0.15, 0.2) is 5.78 Å². The van der Waals surface area contributed by atoms with Gasteiger partial charge in [-0.25, -0.2) is 0 Å². The van der Waals surface area contributed by atoms with E-state index in [0.717, 1.165) is 64.9 Å². The molecule has 27 heavy (non-hydrogen) atoms. The van der Waals surface area contributed by atoms with Crippen molar-refractivity contribution in [2.45, 2.75) is 71.0 Å². The van der Waals surface area contributed by atoms with Gasteiger partial charge in [0.2, 0.25) is 5.91 Å². The van der Waals surface area contributed by atoms with E-state index in [1.165, 1.54) is 19.3 Å². The lowest BCUT2D eigenvalue weighted by atomic mass is 9.75. The van der Waals surface area contributed by atoms with E-state index in [4.69, 9.17) is 4.74 Å². The second-order valence-electron chi connectivity index (χ2n) is 9.74. The Morgan fingerprint density at radius 2 is 1.89 bits per heavy atom. The molecule has 2 heterocycles. The smallest absolute Gasteiger partial charge is 0.231 e. The van der Waals surface area contributed by atoms with Crippen LogP contribution in [0.25, 0.3) is 0 Å². The van der Waals surface area contributed by atoms with Crippen LogP contribution in [0.1, 0.15) is 85.2 Å². The maximum atomic E-state index is 13.5. The van der Waals surface area contributed by atoms with Gasteiger partial charge in [-0.1, -0.05) is 6.42 Å². The van der Waals surface area contributed by atoms with Crippen molar-refractivity contribution in [3.63, 3.8) is 0 Å². The molecule has 4 nitrogen and oxygen atoms in total. The second-order valence-corrected chi connectivity index (χ2v) is 10.8. The minimum Gasteiger partial charge on any atom is -0.368 e. The monoisotopic (exact) mass is 385 g/mol. The molecule has 1 amide bonds. The maximum absolute atomic E-state index is 13.5. The first-order valence-corrected chi connectivity index (χ1v) is 11.5. The van der Waals surface area contributed by atoms with Gasteiger partial charge < -0.3 is 10.1 Å². The van der Waals surface area contributed by atoms with Crippen LogP contribution in [0.3, 0.4) is 0 Å². The minimum absolute atomic E-state index is 0.0440. The Bertz CT molecular complexity index is 825. The molecule has 4 bridgehead atoms. The van der Waals surface area contributed by atoms with E-state index in [-0.39, 0.29) is 29.1 Å². The van der Waals surface area contributed by atoms with E-state index < -0.39 is 0 Å². The van der Waals surface area contributed by atoms with Gasteiger partial charge in [0.25, 0.3) is 0 Å². The third-order valence-corrected chi connectivity index (χ3v) is 9.38. The third kappa shape index (κ3) is 2.24. The van der Waals surface area contributed by atoms with Crippen LogP contribution in [0.15, 0.2) is 0 Å². The summed E-state index contributed by atoms with van der Waals surface area (Å²) in [6.07, 6.45) is 9.02. The molecule has 1 aromatic rings. The summed E-state index contributed by atoms with van der Waals surface area (Å²) in [6, 6.07) is 0. The first-order chi connectivity index (χ1) is 13.0. The predicted octanol–water partition coefficient (Wildman–Crippen LogP) is 5.09. The van der Waals surface area contributed by atoms with E-state index in [2.05, 4.69) is 5.32 Å². The number of ether oxygens (including phenoxy) is 1. The molecule has 5 heteroatoms. The zero-order chi connectivity index (χ0) is 18.3. The van der Waals surface area contributed by atoms with Crippen LogP contribution in [0, 0.1) is 29.1 Å². The number of fused-ring (bicyclic) bond motifs is 1. The minimum atomic E-state index is -0.152. The number of thiophene rings is 1. The summed E-state index contributed by atoms with van der Waals surface area (Å²) in [4.78, 5) is 27.8. The highest BCUT2D eigenvalue weighted by atomic mass is 32.1. The quantitative estimate of drug-likeness (QED) is 0.735. The molecule has 0 spiro atoms. The van der Waals surface area contributed by atoms with Gasteiger partial charge in [-0.15, -0.1) is 11.3 Å². The summed E-state index contributed by atoms with van der Waals surface area (Å²) < 4.78 is 5.78. The SMILES string of the molecule is CC1OCc2sc(NC(=O)C34CC5CC(CC3C5)C4)c(C(=O)C3CCC3)c21. The van der Waals surface area contributed by atoms with E-state index in [9.17, 15) is 9.59 Å². The van der Waals surface area contributed by atoms with E-state index in [0.29, 0.717) is 12.5 Å². The molecule has 0 saturated heterocycles. The maximum Gasteiger partial charge on any atom is 0.231 e. The van der Waals surface area contributed by atoms with E-state index in [1.807, 2.05) is 6.92 Å². The van der Waals surface area contributed by atoms with Crippen LogP contribution in [0.5, 0.6) is 0 Å². The molecule has 3 atom stereocenters. The highest BCUT2D eigenvalue weighted by Gasteiger charge is 2.61. The predicted molar refractivity (Wildman–Crippen MR) is 104 cm³/mol. The summed E-state index contributed by atoms with van der Waals surface area (Å²) in [5.41, 5.74) is 1.69. The molecule has 5 aliphatic carbocycles. The number of hydrogen-bond donors (Lipinski definition) is 1. The van der Waals surface area contributed by atoms with Crippen LogP contribution in [0.4, 0.5) is 5.00 Å². The summed E-state index contributed by atoms with van der Waals surface area (Å²) in [7, 11) is 0. The fourth-order valence-electron chi connectivity index (χ4n) is 6.91. The first-order valence-electron chi connectivity index (χ1n) is 10.7. The largest absolute Gasteiger partial charge is 0.368 e. The lowest BCUT2D eigenvalue weighted by Crippen LogP contribution is -2.37. The van der Waals surface area contributed by atoms with Crippen molar-refractivity contribution in [2.75, 3.05) is 5.32 Å². The Balaban J connectivity index is 1.34. The molecule has 144 valence electrons. The van der Waals surface area contributed by atoms with Crippen molar-refractivity contribution in [3.05, 3.63) is 16.0 Å². The number of ketones is 1. The highest BCUT2D eigenvalue weighted by molar-refractivity contribution is 7.17. The number of rotatable bonds is 4. The fourth-order valence-corrected chi connectivity index (χ4v) is 8.12. The van der Waals surface area contributed by atoms with Gasteiger partial charge in [-0.3, -0.25) is 9.59 Å². The number of carbonyl (C=O) groups excluding carboxylic acids is 2. The Hall–Kier alpha value is -1.20. The molecule has 5 fully saturated rings. The van der Waals surface area contributed by atoms with Gasteiger partial charge in [0, 0.05) is 16.4 Å². The van der Waals surface area contributed by atoms with Crippen molar-refractivity contribution >= 4 is 28.0 Å². The third-order valence-electron chi connectivity index (χ3n) is 8.28. The lowest BCUT2D eigenvalue weighted by molar-refractivity contribution is -0.127. The Morgan fingerprint density at radius 3 is 2.56 bits per heavy atom. The van der Waals surface area contributed by atoms with Crippen molar-refractivity contribution in [2.24, 2.45) is 29.1 Å². The number of Topliss-reactive ketones (excluding diaryl/α,β-unsaturated/α-hetero) is 1. The normalized spacial score (nSPS) is 38.9. The van der Waals surface area contributed by atoms with Gasteiger partial charge >= 0.3 is 0 Å². The van der Waals surface area contributed by atoms with Crippen LogP contribution in [0.2, 0.25) is 0 Å². The molecular weight excluding hydrogens is 358 g/mol. The second kappa shape index (κ2) is 5.66. The molecule has 1 aliphatic heterocycles. The molecular formula is C22H27NO3S. The average molecular weight is 386 g/mol. The molecule has 3 unspecified atom stereocenters. The summed E-state index contributed by atoms with van der Waals surface area (Å²) in [5, 5.41) is 4.11. The number of nitrogens with one attached hydrogen (secondary N) is 1. The zero-order valence-corrected chi connectivity index (χ0v) is 16.7. The van der Waals surface area contributed by atoms with Crippen molar-refractivity contribution < 1.29 is 14.3 Å². The Labute approximate surface area is 164 Å².